The molecule has 3 aromatic rings. The quantitative estimate of drug-likeness (QED) is 0.507. The lowest BCUT2D eigenvalue weighted by atomic mass is 10.2. The molecule has 0 aliphatic carbocycles. The number of sulfonamides is 1. The highest BCUT2D eigenvalue weighted by atomic mass is 32.2. The fraction of sp³-hybridized carbons (Fsp3) is 0.364. The predicted octanol–water partition coefficient (Wildman–Crippen LogP) is 2.49. The minimum Gasteiger partial charge on any atom is -0.408 e. The molecule has 2 N–H and O–H groups in total. The second-order valence-corrected chi connectivity index (χ2v) is 9.63. The molecule has 1 aromatic heterocycles. The van der Waals surface area contributed by atoms with E-state index in [1.54, 1.807) is 25.1 Å². The van der Waals surface area contributed by atoms with Crippen LogP contribution in [0.1, 0.15) is 30.6 Å². The van der Waals surface area contributed by atoms with Gasteiger partial charge in [-0.3, -0.25) is 9.36 Å². The number of rotatable bonds is 9. The monoisotopic (exact) mass is 460 g/mol. The molecule has 0 saturated heterocycles. The van der Waals surface area contributed by atoms with Gasteiger partial charge in [-0.2, -0.15) is 0 Å². The van der Waals surface area contributed by atoms with Gasteiger partial charge in [0.25, 0.3) is 5.91 Å². The molecule has 0 bridgehead atoms. The number of carbonyl (C=O) groups is 1. The molecule has 0 fully saturated rings. The number of amides is 1. The summed E-state index contributed by atoms with van der Waals surface area (Å²) in [5.41, 5.74) is 1.84. The molecule has 0 spiro atoms. The highest BCUT2D eigenvalue weighted by Crippen LogP contribution is 2.20. The Hall–Kier alpha value is -2.95. The van der Waals surface area contributed by atoms with Crippen molar-refractivity contribution in [2.45, 2.75) is 37.8 Å². The zero-order valence-corrected chi connectivity index (χ0v) is 19.4. The van der Waals surface area contributed by atoms with Gasteiger partial charge in [-0.05, 0) is 69.9 Å². The summed E-state index contributed by atoms with van der Waals surface area (Å²) in [7, 11) is 0.186. The van der Waals surface area contributed by atoms with Crippen molar-refractivity contribution in [3.05, 3.63) is 58.6 Å². The molecular weight excluding hydrogens is 432 g/mol. The van der Waals surface area contributed by atoms with E-state index in [1.165, 1.54) is 28.8 Å². The van der Waals surface area contributed by atoms with Crippen LogP contribution in [0.2, 0.25) is 0 Å². The van der Waals surface area contributed by atoms with Crippen molar-refractivity contribution in [2.75, 3.05) is 26.0 Å². The van der Waals surface area contributed by atoms with Crippen LogP contribution in [0.3, 0.4) is 0 Å². The van der Waals surface area contributed by atoms with Gasteiger partial charge in [-0.15, -0.1) is 0 Å². The molecule has 0 radical (unpaired) electrons. The average Bonchev–Trinajstić information content (AvgIpc) is 3.06. The molecular formula is C22H28N4O5S. The Kier molecular flexibility index (Phi) is 7.17. The van der Waals surface area contributed by atoms with Crippen molar-refractivity contribution >= 4 is 32.7 Å². The summed E-state index contributed by atoms with van der Waals surface area (Å²) < 4.78 is 34.1. The smallest absolute Gasteiger partial charge is 0.408 e. The first kappa shape index (κ1) is 23.7. The van der Waals surface area contributed by atoms with E-state index in [2.05, 4.69) is 10.0 Å². The molecule has 32 heavy (non-hydrogen) atoms. The van der Waals surface area contributed by atoms with Crippen molar-refractivity contribution in [2.24, 2.45) is 0 Å². The van der Waals surface area contributed by atoms with Crippen molar-refractivity contribution in [3.8, 4) is 0 Å². The van der Waals surface area contributed by atoms with Gasteiger partial charge in [0.2, 0.25) is 10.0 Å². The van der Waals surface area contributed by atoms with Gasteiger partial charge in [-0.1, -0.05) is 6.92 Å². The van der Waals surface area contributed by atoms with Crippen LogP contribution in [0.4, 0.5) is 5.69 Å². The highest BCUT2D eigenvalue weighted by molar-refractivity contribution is 7.89. The maximum absolute atomic E-state index is 12.7. The summed E-state index contributed by atoms with van der Waals surface area (Å²) in [4.78, 5) is 26.9. The van der Waals surface area contributed by atoms with Gasteiger partial charge in [0.1, 0.15) is 0 Å². The van der Waals surface area contributed by atoms with E-state index in [1.807, 2.05) is 25.9 Å². The van der Waals surface area contributed by atoms with Crippen LogP contribution in [-0.4, -0.2) is 50.5 Å². The Morgan fingerprint density at radius 1 is 1.16 bits per heavy atom. The van der Waals surface area contributed by atoms with E-state index >= 15 is 0 Å². The second-order valence-electron chi connectivity index (χ2n) is 7.91. The SMILES string of the molecule is CCC(C)NS(=O)(=O)c1ccc(C(=O)Nc2ccc3oc(=O)n(CCN(C)C)c3c2)cc1. The van der Waals surface area contributed by atoms with Gasteiger partial charge in [0.15, 0.2) is 5.58 Å². The first-order valence-corrected chi connectivity index (χ1v) is 11.8. The first-order valence-electron chi connectivity index (χ1n) is 10.3. The lowest BCUT2D eigenvalue weighted by Crippen LogP contribution is -2.32. The minimum atomic E-state index is -3.64. The molecule has 10 heteroatoms. The van der Waals surface area contributed by atoms with Crippen molar-refractivity contribution < 1.29 is 17.6 Å². The Labute approximate surface area is 187 Å². The summed E-state index contributed by atoms with van der Waals surface area (Å²) >= 11 is 0. The van der Waals surface area contributed by atoms with E-state index < -0.39 is 21.7 Å². The number of carbonyl (C=O) groups excluding carboxylic acids is 1. The Bertz CT molecular complexity index is 1260. The molecule has 1 amide bonds. The molecule has 0 aliphatic rings. The molecule has 2 aromatic carbocycles. The third-order valence-corrected chi connectivity index (χ3v) is 6.70. The largest absolute Gasteiger partial charge is 0.419 e. The van der Waals surface area contributed by atoms with Crippen LogP contribution in [-0.2, 0) is 16.6 Å². The van der Waals surface area contributed by atoms with Crippen LogP contribution in [0.15, 0.2) is 56.6 Å². The number of anilines is 1. The normalized spacial score (nSPS) is 12.9. The summed E-state index contributed by atoms with van der Waals surface area (Å²) in [6.07, 6.45) is 0.670. The van der Waals surface area contributed by atoms with E-state index in [4.69, 9.17) is 4.42 Å². The molecule has 9 nitrogen and oxygen atoms in total. The van der Waals surface area contributed by atoms with Crippen molar-refractivity contribution in [1.82, 2.24) is 14.2 Å². The van der Waals surface area contributed by atoms with Gasteiger partial charge in [0.05, 0.1) is 10.4 Å². The number of aromatic nitrogens is 1. The predicted molar refractivity (Wildman–Crippen MR) is 123 cm³/mol. The fourth-order valence-electron chi connectivity index (χ4n) is 3.06. The molecule has 0 aliphatic heterocycles. The van der Waals surface area contributed by atoms with Crippen LogP contribution < -0.4 is 15.8 Å². The summed E-state index contributed by atoms with van der Waals surface area (Å²) in [6, 6.07) is 10.5. The maximum Gasteiger partial charge on any atom is 0.419 e. The zero-order valence-electron chi connectivity index (χ0n) is 18.6. The second kappa shape index (κ2) is 9.68. The molecule has 1 unspecified atom stereocenters. The van der Waals surface area contributed by atoms with Crippen LogP contribution in [0.25, 0.3) is 11.1 Å². The zero-order chi connectivity index (χ0) is 23.5. The lowest BCUT2D eigenvalue weighted by Gasteiger charge is -2.12. The van der Waals surface area contributed by atoms with Crippen molar-refractivity contribution in [3.63, 3.8) is 0 Å². The number of likely N-dealkylation sites (N-methyl/N-ethyl adjacent to an activating group) is 1. The Morgan fingerprint density at radius 3 is 2.47 bits per heavy atom. The standard InChI is InChI=1S/C22H28N4O5S/c1-5-15(2)24-32(29,30)18-9-6-16(7-10-18)21(27)23-17-8-11-20-19(14-17)26(22(28)31-20)13-12-25(3)4/h6-11,14-15,24H,5,12-13H2,1-4H3,(H,23,27). The number of oxazole rings is 1. The van der Waals surface area contributed by atoms with Gasteiger partial charge in [-0.25, -0.2) is 17.9 Å². The number of hydrogen-bond acceptors (Lipinski definition) is 6. The van der Waals surface area contributed by atoms with E-state index in [9.17, 15) is 18.0 Å². The van der Waals surface area contributed by atoms with Crippen molar-refractivity contribution in [1.29, 1.82) is 0 Å². The first-order chi connectivity index (χ1) is 15.1. The van der Waals surface area contributed by atoms with Gasteiger partial charge in [0, 0.05) is 30.4 Å². The average molecular weight is 461 g/mol. The topological polar surface area (TPSA) is 114 Å². The van der Waals surface area contributed by atoms with E-state index in [0.29, 0.717) is 41.9 Å². The van der Waals surface area contributed by atoms with Crippen LogP contribution in [0, 0.1) is 0 Å². The molecule has 1 atom stereocenters. The number of nitrogens with one attached hydrogen (secondary N) is 2. The van der Waals surface area contributed by atoms with Crippen LogP contribution in [0.5, 0.6) is 0 Å². The van der Waals surface area contributed by atoms with E-state index in [-0.39, 0.29) is 10.9 Å². The van der Waals surface area contributed by atoms with E-state index in [0.717, 1.165) is 0 Å². The molecule has 3 rings (SSSR count). The fourth-order valence-corrected chi connectivity index (χ4v) is 4.38. The lowest BCUT2D eigenvalue weighted by molar-refractivity contribution is 0.102. The third-order valence-electron chi connectivity index (χ3n) is 5.09. The molecule has 172 valence electrons. The van der Waals surface area contributed by atoms with Crippen LogP contribution >= 0.6 is 0 Å². The number of fused-ring (bicyclic) bond motifs is 1. The molecule has 1 heterocycles. The summed E-state index contributed by atoms with van der Waals surface area (Å²) in [6.45, 7) is 4.79. The summed E-state index contributed by atoms with van der Waals surface area (Å²) in [5.74, 6) is -0.845. The summed E-state index contributed by atoms with van der Waals surface area (Å²) in [5, 5.41) is 2.78. The minimum absolute atomic E-state index is 0.0964. The highest BCUT2D eigenvalue weighted by Gasteiger charge is 2.17. The molecule has 0 saturated carbocycles. The third kappa shape index (κ3) is 5.45. The number of benzene rings is 2. The number of nitrogens with zero attached hydrogens (tertiary/aromatic N) is 2. The number of hydrogen-bond donors (Lipinski definition) is 2. The van der Waals surface area contributed by atoms with Gasteiger partial charge >= 0.3 is 5.76 Å². The Morgan fingerprint density at radius 2 is 1.84 bits per heavy atom. The maximum atomic E-state index is 12.7. The van der Waals surface area contributed by atoms with Gasteiger partial charge < -0.3 is 14.6 Å². The Balaban J connectivity index is 1.78.